The van der Waals surface area contributed by atoms with Crippen molar-refractivity contribution in [2.45, 2.75) is 0 Å². The van der Waals surface area contributed by atoms with Gasteiger partial charge in [-0.15, -0.1) is 11.3 Å². The van der Waals surface area contributed by atoms with Crippen LogP contribution in [0.1, 0.15) is 15.2 Å². The Balaban J connectivity index is 1.68. The normalized spacial score (nSPS) is 10.8. The molecule has 3 rings (SSSR count). The molecule has 0 aliphatic carbocycles. The second-order valence-electron chi connectivity index (χ2n) is 5.48. The zero-order chi connectivity index (χ0) is 19.2. The fourth-order valence-electron chi connectivity index (χ4n) is 2.37. The fourth-order valence-corrected chi connectivity index (χ4v) is 3.27. The van der Waals surface area contributed by atoms with Crippen molar-refractivity contribution in [1.29, 1.82) is 0 Å². The van der Waals surface area contributed by atoms with E-state index in [0.29, 0.717) is 21.9 Å². The largest absolute Gasteiger partial charge is 0.497 e. The first-order valence-electron chi connectivity index (χ1n) is 8.02. The highest BCUT2D eigenvalue weighted by molar-refractivity contribution is 7.17. The molecule has 0 bridgehead atoms. The molecule has 1 aromatic heterocycles. The van der Waals surface area contributed by atoms with Crippen molar-refractivity contribution in [2.24, 2.45) is 5.10 Å². The number of methoxy groups -OCH3 is 2. The minimum Gasteiger partial charge on any atom is -0.497 e. The van der Waals surface area contributed by atoms with Gasteiger partial charge in [-0.25, -0.2) is 9.82 Å². The van der Waals surface area contributed by atoms with Gasteiger partial charge in [0.15, 0.2) is 0 Å². The third-order valence-electron chi connectivity index (χ3n) is 3.77. The maximum atomic E-state index is 13.0. The summed E-state index contributed by atoms with van der Waals surface area (Å²) < 4.78 is 23.4. The van der Waals surface area contributed by atoms with E-state index in [-0.39, 0.29) is 11.7 Å². The van der Waals surface area contributed by atoms with Crippen LogP contribution in [0.25, 0.3) is 10.4 Å². The van der Waals surface area contributed by atoms with Crippen LogP contribution in [0.3, 0.4) is 0 Å². The van der Waals surface area contributed by atoms with Crippen LogP contribution in [-0.4, -0.2) is 26.3 Å². The monoisotopic (exact) mass is 384 g/mol. The Morgan fingerprint density at radius 1 is 1.07 bits per heavy atom. The van der Waals surface area contributed by atoms with Gasteiger partial charge in [0.05, 0.1) is 25.3 Å². The van der Waals surface area contributed by atoms with Gasteiger partial charge < -0.3 is 9.47 Å². The van der Waals surface area contributed by atoms with E-state index in [1.54, 1.807) is 50.6 Å². The van der Waals surface area contributed by atoms with Gasteiger partial charge in [0, 0.05) is 16.5 Å². The van der Waals surface area contributed by atoms with Crippen molar-refractivity contribution < 1.29 is 18.7 Å². The number of rotatable bonds is 6. The van der Waals surface area contributed by atoms with Crippen molar-refractivity contribution in [3.8, 4) is 21.9 Å². The Bertz CT molecular complexity index is 968. The summed E-state index contributed by atoms with van der Waals surface area (Å²) in [6.45, 7) is 0. The number of nitrogens with one attached hydrogen (secondary N) is 1. The molecule has 0 fully saturated rings. The summed E-state index contributed by atoms with van der Waals surface area (Å²) in [4.78, 5) is 13.6. The molecule has 0 saturated heterocycles. The van der Waals surface area contributed by atoms with Crippen LogP contribution < -0.4 is 14.9 Å². The number of thiophene rings is 1. The van der Waals surface area contributed by atoms with E-state index in [1.807, 2.05) is 6.07 Å². The molecular weight excluding hydrogens is 367 g/mol. The van der Waals surface area contributed by atoms with E-state index in [2.05, 4.69) is 10.5 Å². The van der Waals surface area contributed by atoms with Gasteiger partial charge in [-0.05, 0) is 42.0 Å². The average Bonchev–Trinajstić information content (AvgIpc) is 3.19. The third kappa shape index (κ3) is 4.51. The van der Waals surface area contributed by atoms with E-state index < -0.39 is 0 Å². The lowest BCUT2D eigenvalue weighted by molar-refractivity contribution is 0.0959. The van der Waals surface area contributed by atoms with Crippen LogP contribution in [0, 0.1) is 5.82 Å². The molecule has 1 amide bonds. The Hall–Kier alpha value is -3.19. The van der Waals surface area contributed by atoms with Crippen LogP contribution in [-0.2, 0) is 0 Å². The second-order valence-corrected chi connectivity index (χ2v) is 6.56. The van der Waals surface area contributed by atoms with Crippen LogP contribution in [0.4, 0.5) is 4.39 Å². The lowest BCUT2D eigenvalue weighted by Crippen LogP contribution is -2.16. The minimum atomic E-state index is -0.322. The summed E-state index contributed by atoms with van der Waals surface area (Å²) in [7, 11) is 3.12. The molecule has 7 heteroatoms. The average molecular weight is 384 g/mol. The number of halogens is 1. The smallest absolute Gasteiger partial charge is 0.281 e. The number of carbonyl (C=O) groups excluding carboxylic acids is 1. The predicted molar refractivity (Wildman–Crippen MR) is 104 cm³/mol. The van der Waals surface area contributed by atoms with Crippen molar-refractivity contribution >= 4 is 23.5 Å². The molecule has 2 aromatic carbocycles. The first-order valence-corrected chi connectivity index (χ1v) is 8.83. The lowest BCUT2D eigenvalue weighted by atomic mass is 10.2. The third-order valence-corrected chi connectivity index (χ3v) is 4.90. The molecule has 5 nitrogen and oxygen atoms in total. The first-order chi connectivity index (χ1) is 13.1. The van der Waals surface area contributed by atoms with E-state index in [9.17, 15) is 9.18 Å². The van der Waals surface area contributed by atoms with Crippen LogP contribution in [0.2, 0.25) is 0 Å². The van der Waals surface area contributed by atoms with Crippen LogP contribution in [0.15, 0.2) is 59.7 Å². The zero-order valence-corrected chi connectivity index (χ0v) is 15.5. The highest BCUT2D eigenvalue weighted by atomic mass is 32.1. The predicted octanol–water partition coefficient (Wildman–Crippen LogP) is 4.34. The number of ether oxygens (including phenoxy) is 2. The van der Waals surface area contributed by atoms with Gasteiger partial charge in [-0.2, -0.15) is 5.10 Å². The molecule has 27 heavy (non-hydrogen) atoms. The van der Waals surface area contributed by atoms with Crippen molar-refractivity contribution in [3.63, 3.8) is 0 Å². The number of amides is 1. The van der Waals surface area contributed by atoms with E-state index in [0.717, 1.165) is 10.4 Å². The van der Waals surface area contributed by atoms with Gasteiger partial charge in [0.25, 0.3) is 5.91 Å². The topological polar surface area (TPSA) is 59.9 Å². The van der Waals surface area contributed by atoms with Crippen molar-refractivity contribution in [2.75, 3.05) is 14.2 Å². The Kier molecular flexibility index (Phi) is 5.83. The number of hydrogen-bond acceptors (Lipinski definition) is 5. The number of carbonyl (C=O) groups is 1. The molecule has 3 aromatic rings. The summed E-state index contributed by atoms with van der Waals surface area (Å²) in [6, 6.07) is 15.0. The SMILES string of the molecule is COc1ccc(/C=N\NC(=O)c2ccc(-c3ccc(F)cc3)s2)c(OC)c1. The summed E-state index contributed by atoms with van der Waals surface area (Å²) >= 11 is 1.31. The fraction of sp³-hybridized carbons (Fsp3) is 0.100. The Morgan fingerprint density at radius 3 is 2.56 bits per heavy atom. The number of hydrazone groups is 1. The molecule has 0 aliphatic heterocycles. The highest BCUT2D eigenvalue weighted by Crippen LogP contribution is 2.28. The quantitative estimate of drug-likeness (QED) is 0.508. The van der Waals surface area contributed by atoms with E-state index in [4.69, 9.17) is 9.47 Å². The van der Waals surface area contributed by atoms with Gasteiger partial charge in [-0.3, -0.25) is 4.79 Å². The number of nitrogens with zero attached hydrogens (tertiary/aromatic N) is 1. The van der Waals surface area contributed by atoms with Gasteiger partial charge in [0.1, 0.15) is 17.3 Å². The molecule has 0 aliphatic rings. The van der Waals surface area contributed by atoms with Crippen molar-refractivity contribution in [3.05, 3.63) is 70.9 Å². The molecule has 0 unspecified atom stereocenters. The molecule has 138 valence electrons. The standard InChI is InChI=1S/C20H17FN2O3S/c1-25-16-8-5-14(17(11-16)26-2)12-22-23-20(24)19-10-9-18(27-19)13-3-6-15(21)7-4-13/h3-12H,1-2H3,(H,23,24)/b22-12-. The zero-order valence-electron chi connectivity index (χ0n) is 14.7. The van der Waals surface area contributed by atoms with E-state index in [1.165, 1.54) is 29.7 Å². The summed E-state index contributed by atoms with van der Waals surface area (Å²) in [5.74, 6) is 0.635. The van der Waals surface area contributed by atoms with Crippen LogP contribution in [0.5, 0.6) is 11.5 Å². The molecule has 0 atom stereocenters. The summed E-state index contributed by atoms with van der Waals surface area (Å²) in [5, 5.41) is 3.99. The maximum absolute atomic E-state index is 13.0. The van der Waals surface area contributed by atoms with E-state index >= 15 is 0 Å². The number of benzene rings is 2. The molecule has 0 radical (unpaired) electrons. The maximum Gasteiger partial charge on any atom is 0.281 e. The number of hydrogen-bond donors (Lipinski definition) is 1. The molecule has 1 N–H and O–H groups in total. The summed E-state index contributed by atoms with van der Waals surface area (Å²) in [6.07, 6.45) is 1.50. The van der Waals surface area contributed by atoms with Gasteiger partial charge in [0.2, 0.25) is 0 Å². The van der Waals surface area contributed by atoms with Crippen molar-refractivity contribution in [1.82, 2.24) is 5.43 Å². The molecule has 1 heterocycles. The summed E-state index contributed by atoms with van der Waals surface area (Å²) in [5.41, 5.74) is 4.05. The van der Waals surface area contributed by atoms with Gasteiger partial charge >= 0.3 is 0 Å². The Labute approximate surface area is 160 Å². The molecular formula is C20H17FN2O3S. The van der Waals surface area contributed by atoms with Gasteiger partial charge in [-0.1, -0.05) is 12.1 Å². The Morgan fingerprint density at radius 2 is 1.85 bits per heavy atom. The first kappa shape index (κ1) is 18.6. The second kappa shape index (κ2) is 8.46. The highest BCUT2D eigenvalue weighted by Gasteiger charge is 2.10. The van der Waals surface area contributed by atoms with Crippen LogP contribution >= 0.6 is 11.3 Å². The molecule has 0 saturated carbocycles. The lowest BCUT2D eigenvalue weighted by Gasteiger charge is -2.06. The molecule has 0 spiro atoms. The minimum absolute atomic E-state index is 0.295.